The fourth-order valence-electron chi connectivity index (χ4n) is 3.63. The van der Waals surface area contributed by atoms with Gasteiger partial charge in [0.15, 0.2) is 5.96 Å². The number of likely N-dealkylation sites (tertiary alicyclic amines) is 1. The van der Waals surface area contributed by atoms with Crippen molar-refractivity contribution in [3.05, 3.63) is 54.0 Å². The Morgan fingerprint density at radius 2 is 2.13 bits per heavy atom. The van der Waals surface area contributed by atoms with Crippen molar-refractivity contribution >= 4 is 35.8 Å². The number of nitrogens with zero attached hydrogens (tertiary/aromatic N) is 2. The minimum absolute atomic E-state index is 0. The molecule has 1 aliphatic heterocycles. The normalized spacial score (nSPS) is 16.6. The highest BCUT2D eigenvalue weighted by Gasteiger charge is 2.23. The van der Waals surface area contributed by atoms with Gasteiger partial charge in [0.2, 0.25) is 5.91 Å². The molecule has 2 heterocycles. The van der Waals surface area contributed by atoms with Gasteiger partial charge in [0, 0.05) is 32.5 Å². The van der Waals surface area contributed by atoms with E-state index in [1.807, 2.05) is 36.4 Å². The number of carbonyl (C=O) groups excluding carboxylic acids is 1. The number of nitrogens with one attached hydrogen (secondary N) is 1. The van der Waals surface area contributed by atoms with Crippen molar-refractivity contribution in [1.29, 1.82) is 0 Å². The third kappa shape index (κ3) is 7.55. The fraction of sp³-hybridized carbons (Fsp3) is 0.455. The zero-order chi connectivity index (χ0) is 20.5. The van der Waals surface area contributed by atoms with Crippen molar-refractivity contribution in [2.24, 2.45) is 16.6 Å². The highest BCUT2D eigenvalue weighted by molar-refractivity contribution is 14.0. The van der Waals surface area contributed by atoms with E-state index in [2.05, 4.69) is 10.2 Å². The summed E-state index contributed by atoms with van der Waals surface area (Å²) < 4.78 is 10.6. The van der Waals surface area contributed by atoms with Crippen molar-refractivity contribution in [2.75, 3.05) is 26.7 Å². The highest BCUT2D eigenvalue weighted by Crippen LogP contribution is 2.20. The van der Waals surface area contributed by atoms with E-state index in [-0.39, 0.29) is 35.8 Å². The SMILES string of the molecule is COc1ccc(CN=C(NCCc2ccco2)N2CCCC(CC(N)=O)C2)cc1.I. The van der Waals surface area contributed by atoms with Crippen LogP contribution in [-0.2, 0) is 17.8 Å². The van der Waals surface area contributed by atoms with Gasteiger partial charge in [-0.1, -0.05) is 12.1 Å². The third-order valence-electron chi connectivity index (χ3n) is 5.11. The molecule has 7 nitrogen and oxygen atoms in total. The molecule has 1 aromatic carbocycles. The molecule has 2 aromatic rings. The lowest BCUT2D eigenvalue weighted by atomic mass is 9.95. The van der Waals surface area contributed by atoms with Crippen LogP contribution in [0.15, 0.2) is 52.1 Å². The number of methoxy groups -OCH3 is 1. The Labute approximate surface area is 195 Å². The molecular weight excluding hydrogens is 495 g/mol. The number of carbonyl (C=O) groups is 1. The molecular formula is C22H31IN4O3. The van der Waals surface area contributed by atoms with E-state index in [0.717, 1.165) is 61.9 Å². The van der Waals surface area contributed by atoms with Gasteiger partial charge in [-0.3, -0.25) is 4.79 Å². The molecule has 1 aromatic heterocycles. The van der Waals surface area contributed by atoms with E-state index in [1.165, 1.54) is 0 Å². The van der Waals surface area contributed by atoms with Crippen molar-refractivity contribution in [2.45, 2.75) is 32.2 Å². The maximum Gasteiger partial charge on any atom is 0.217 e. The van der Waals surface area contributed by atoms with Gasteiger partial charge >= 0.3 is 0 Å². The average Bonchev–Trinajstić information content (AvgIpc) is 3.24. The number of furan rings is 1. The Balaban J connectivity index is 0.00000320. The number of amides is 1. The second-order valence-electron chi connectivity index (χ2n) is 7.37. The molecule has 1 fully saturated rings. The summed E-state index contributed by atoms with van der Waals surface area (Å²) in [6.07, 6.45) is 4.95. The topological polar surface area (TPSA) is 93.1 Å². The van der Waals surface area contributed by atoms with Crippen LogP contribution in [-0.4, -0.2) is 43.5 Å². The van der Waals surface area contributed by atoms with Crippen molar-refractivity contribution in [1.82, 2.24) is 10.2 Å². The van der Waals surface area contributed by atoms with Crippen LogP contribution in [0.5, 0.6) is 5.75 Å². The molecule has 1 saturated heterocycles. The van der Waals surface area contributed by atoms with Crippen molar-refractivity contribution in [3.8, 4) is 5.75 Å². The Bertz CT molecular complexity index is 793. The number of rotatable bonds is 8. The number of aliphatic imine (C=N–C) groups is 1. The molecule has 0 spiro atoms. The number of ether oxygens (including phenoxy) is 1. The monoisotopic (exact) mass is 526 g/mol. The number of nitrogens with two attached hydrogens (primary N) is 1. The molecule has 1 amide bonds. The second-order valence-corrected chi connectivity index (χ2v) is 7.37. The first-order valence-corrected chi connectivity index (χ1v) is 10.1. The Kier molecular flexibility index (Phi) is 9.99. The first kappa shape index (κ1) is 24.0. The Morgan fingerprint density at radius 3 is 2.80 bits per heavy atom. The smallest absolute Gasteiger partial charge is 0.217 e. The minimum Gasteiger partial charge on any atom is -0.497 e. The predicted octanol–water partition coefficient (Wildman–Crippen LogP) is 3.18. The van der Waals surface area contributed by atoms with Crippen LogP contribution in [0.4, 0.5) is 0 Å². The van der Waals surface area contributed by atoms with Gasteiger partial charge in [-0.15, -0.1) is 24.0 Å². The van der Waals surface area contributed by atoms with E-state index in [9.17, 15) is 4.79 Å². The van der Waals surface area contributed by atoms with Crippen molar-refractivity contribution in [3.63, 3.8) is 0 Å². The van der Waals surface area contributed by atoms with Crippen LogP contribution in [0, 0.1) is 5.92 Å². The van der Waals surface area contributed by atoms with E-state index < -0.39 is 0 Å². The quantitative estimate of drug-likeness (QED) is 0.313. The number of guanidine groups is 1. The van der Waals surface area contributed by atoms with Crippen LogP contribution in [0.2, 0.25) is 0 Å². The largest absolute Gasteiger partial charge is 0.497 e. The lowest BCUT2D eigenvalue weighted by Gasteiger charge is -2.34. The number of benzene rings is 1. The number of hydrogen-bond acceptors (Lipinski definition) is 4. The van der Waals surface area contributed by atoms with Crippen LogP contribution in [0.25, 0.3) is 0 Å². The first-order valence-electron chi connectivity index (χ1n) is 10.1. The summed E-state index contributed by atoms with van der Waals surface area (Å²) in [4.78, 5) is 18.4. The van der Waals surface area contributed by atoms with Crippen LogP contribution < -0.4 is 15.8 Å². The van der Waals surface area contributed by atoms with Crippen LogP contribution in [0.1, 0.15) is 30.6 Å². The zero-order valence-electron chi connectivity index (χ0n) is 17.4. The number of hydrogen-bond donors (Lipinski definition) is 2. The van der Waals surface area contributed by atoms with E-state index >= 15 is 0 Å². The zero-order valence-corrected chi connectivity index (χ0v) is 19.7. The van der Waals surface area contributed by atoms with Gasteiger partial charge in [0.1, 0.15) is 11.5 Å². The van der Waals surface area contributed by atoms with Gasteiger partial charge in [-0.2, -0.15) is 0 Å². The fourth-order valence-corrected chi connectivity index (χ4v) is 3.63. The van der Waals surface area contributed by atoms with Crippen LogP contribution in [0.3, 0.4) is 0 Å². The number of piperidine rings is 1. The van der Waals surface area contributed by atoms with Crippen molar-refractivity contribution < 1.29 is 13.9 Å². The van der Waals surface area contributed by atoms with Crippen LogP contribution >= 0.6 is 24.0 Å². The summed E-state index contributed by atoms with van der Waals surface area (Å²) in [6, 6.07) is 11.8. The molecule has 1 unspecified atom stereocenters. The lowest BCUT2D eigenvalue weighted by molar-refractivity contribution is -0.119. The van der Waals surface area contributed by atoms with E-state index in [4.69, 9.17) is 19.9 Å². The second kappa shape index (κ2) is 12.5. The summed E-state index contributed by atoms with van der Waals surface area (Å²) in [6.45, 7) is 3.01. The summed E-state index contributed by atoms with van der Waals surface area (Å²) in [5, 5.41) is 3.47. The Hall–Kier alpha value is -2.23. The Morgan fingerprint density at radius 1 is 1.33 bits per heavy atom. The molecule has 3 N–H and O–H groups in total. The lowest BCUT2D eigenvalue weighted by Crippen LogP contribution is -2.47. The van der Waals surface area contributed by atoms with Gasteiger partial charge in [-0.05, 0) is 48.6 Å². The number of halogens is 1. The minimum atomic E-state index is -0.237. The molecule has 30 heavy (non-hydrogen) atoms. The molecule has 1 aliphatic rings. The number of primary amides is 1. The van der Waals surface area contributed by atoms with Gasteiger partial charge < -0.3 is 25.1 Å². The summed E-state index contributed by atoms with van der Waals surface area (Å²) in [5.41, 5.74) is 6.53. The molecule has 0 saturated carbocycles. The standard InChI is InChI=1S/C22H30N4O3.HI/c1-28-19-8-6-17(7-9-19)15-25-22(24-11-10-20-5-3-13-29-20)26-12-2-4-18(16-26)14-21(23)27;/h3,5-9,13,18H,2,4,10-12,14-16H2,1H3,(H2,23,27)(H,24,25);1H. The molecule has 164 valence electrons. The third-order valence-corrected chi connectivity index (χ3v) is 5.11. The molecule has 1 atom stereocenters. The summed E-state index contributed by atoms with van der Waals surface area (Å²) in [7, 11) is 1.66. The first-order chi connectivity index (χ1) is 14.1. The van der Waals surface area contributed by atoms with Gasteiger partial charge in [0.25, 0.3) is 0 Å². The predicted molar refractivity (Wildman–Crippen MR) is 128 cm³/mol. The van der Waals surface area contributed by atoms with Gasteiger partial charge in [0.05, 0.1) is 19.9 Å². The molecule has 0 radical (unpaired) electrons. The van der Waals surface area contributed by atoms with Gasteiger partial charge in [-0.25, -0.2) is 4.99 Å². The highest BCUT2D eigenvalue weighted by atomic mass is 127. The van der Waals surface area contributed by atoms with E-state index in [1.54, 1.807) is 13.4 Å². The summed E-state index contributed by atoms with van der Waals surface area (Å²) >= 11 is 0. The maximum absolute atomic E-state index is 11.3. The maximum atomic E-state index is 11.3. The molecule has 3 rings (SSSR count). The average molecular weight is 526 g/mol. The van der Waals surface area contributed by atoms with E-state index in [0.29, 0.717) is 13.0 Å². The summed E-state index contributed by atoms with van der Waals surface area (Å²) in [5.74, 6) is 2.68. The molecule has 0 bridgehead atoms. The molecule has 8 heteroatoms. The molecule has 0 aliphatic carbocycles.